The summed E-state index contributed by atoms with van der Waals surface area (Å²) in [4.78, 5) is 41.9. The molecule has 6 atom stereocenters. The fraction of sp³-hybridized carbons (Fsp3) is 0.864. The van der Waals surface area contributed by atoms with Crippen LogP contribution < -0.4 is 10.6 Å². The average Bonchev–Trinajstić information content (AvgIpc) is 3.29. The Kier molecular flexibility index (Phi) is 7.07. The molecule has 3 aliphatic heterocycles. The first-order chi connectivity index (χ1) is 14.3. The average molecular weight is 440 g/mol. The van der Waals surface area contributed by atoms with Gasteiger partial charge in [-0.2, -0.15) is 0 Å². The summed E-state index contributed by atoms with van der Waals surface area (Å²) in [5, 5.41) is 16.0. The Morgan fingerprint density at radius 2 is 1.87 bits per heavy atom. The molecule has 3 heterocycles. The van der Waals surface area contributed by atoms with Crippen LogP contribution in [0.5, 0.6) is 0 Å². The summed E-state index contributed by atoms with van der Waals surface area (Å²) in [7, 11) is 0. The number of unbranched alkanes of at least 4 members (excludes halogenated alkanes) is 1. The number of rotatable bonds is 10. The second-order valence-electron chi connectivity index (χ2n) is 9.15. The largest absolute Gasteiger partial charge is 0.394 e. The van der Waals surface area contributed by atoms with E-state index in [2.05, 4.69) is 24.5 Å². The summed E-state index contributed by atoms with van der Waals surface area (Å²) in [6, 6.07) is -1.05. The maximum absolute atomic E-state index is 13.7. The van der Waals surface area contributed by atoms with Gasteiger partial charge in [0.1, 0.15) is 6.04 Å². The van der Waals surface area contributed by atoms with Gasteiger partial charge in [-0.25, -0.2) is 0 Å². The SMILES string of the molecule is CCCCNC(=O)C1N([C@@H](CC)CO)C(=O)[C@@H]2[C@H](C(=O)NCCC)[C@]3(C)CCC12S3. The lowest BCUT2D eigenvalue weighted by Crippen LogP contribution is -2.56. The maximum atomic E-state index is 13.7. The zero-order valence-corrected chi connectivity index (χ0v) is 19.5. The van der Waals surface area contributed by atoms with Gasteiger partial charge in [0.2, 0.25) is 17.7 Å². The van der Waals surface area contributed by atoms with Crippen LogP contribution in [0.3, 0.4) is 0 Å². The van der Waals surface area contributed by atoms with E-state index in [0.717, 1.165) is 32.1 Å². The van der Waals surface area contributed by atoms with Crippen LogP contribution in [0.1, 0.15) is 66.2 Å². The molecule has 0 aromatic heterocycles. The molecule has 3 N–H and O–H groups in total. The van der Waals surface area contributed by atoms with E-state index in [4.69, 9.17) is 0 Å². The number of nitrogens with one attached hydrogen (secondary N) is 2. The topological polar surface area (TPSA) is 98.7 Å². The van der Waals surface area contributed by atoms with E-state index in [1.165, 1.54) is 0 Å². The Hall–Kier alpha value is -1.28. The molecule has 3 saturated heterocycles. The number of hydrogen-bond acceptors (Lipinski definition) is 5. The van der Waals surface area contributed by atoms with Crippen LogP contribution in [0.15, 0.2) is 0 Å². The molecule has 8 heteroatoms. The Bertz CT molecular complexity index is 685. The molecule has 3 amide bonds. The van der Waals surface area contributed by atoms with E-state index >= 15 is 0 Å². The van der Waals surface area contributed by atoms with E-state index in [1.54, 1.807) is 16.7 Å². The van der Waals surface area contributed by atoms with Gasteiger partial charge in [-0.05, 0) is 39.0 Å². The molecular weight excluding hydrogens is 402 g/mol. The molecule has 2 bridgehead atoms. The second kappa shape index (κ2) is 9.07. The highest BCUT2D eigenvalue weighted by atomic mass is 32.2. The third-order valence-electron chi connectivity index (χ3n) is 7.20. The Labute approximate surface area is 184 Å². The van der Waals surface area contributed by atoms with E-state index < -0.39 is 28.7 Å². The quantitative estimate of drug-likeness (QED) is 0.450. The predicted octanol–water partition coefficient (Wildman–Crippen LogP) is 1.68. The lowest BCUT2D eigenvalue weighted by molar-refractivity contribution is -0.143. The summed E-state index contributed by atoms with van der Waals surface area (Å²) >= 11 is 1.68. The zero-order chi connectivity index (χ0) is 22.1. The van der Waals surface area contributed by atoms with Crippen molar-refractivity contribution in [3.05, 3.63) is 0 Å². The summed E-state index contributed by atoms with van der Waals surface area (Å²) in [5.41, 5.74) is 0. The van der Waals surface area contributed by atoms with Crippen molar-refractivity contribution in [1.82, 2.24) is 15.5 Å². The van der Waals surface area contributed by atoms with E-state index in [9.17, 15) is 19.5 Å². The van der Waals surface area contributed by atoms with Crippen LogP contribution >= 0.6 is 11.8 Å². The number of nitrogens with zero attached hydrogens (tertiary/aromatic N) is 1. The van der Waals surface area contributed by atoms with Crippen LogP contribution in [0.4, 0.5) is 0 Å². The molecule has 1 spiro atoms. The summed E-state index contributed by atoms with van der Waals surface area (Å²) in [5.74, 6) is -1.31. The third-order valence-corrected chi connectivity index (χ3v) is 9.19. The number of carbonyl (C=O) groups excluding carboxylic acids is 3. The number of thioether (sulfide) groups is 1. The van der Waals surface area contributed by atoms with Crippen molar-refractivity contribution in [3.8, 4) is 0 Å². The monoisotopic (exact) mass is 439 g/mol. The smallest absolute Gasteiger partial charge is 0.244 e. The number of aliphatic hydroxyl groups is 1. The second-order valence-corrected chi connectivity index (χ2v) is 11.1. The third kappa shape index (κ3) is 3.53. The summed E-state index contributed by atoms with van der Waals surface area (Å²) in [6.07, 6.45) is 4.82. The van der Waals surface area contributed by atoms with Gasteiger partial charge >= 0.3 is 0 Å². The van der Waals surface area contributed by atoms with Gasteiger partial charge in [0.25, 0.3) is 0 Å². The van der Waals surface area contributed by atoms with Gasteiger partial charge in [0.05, 0.1) is 29.2 Å². The number of aliphatic hydroxyl groups excluding tert-OH is 1. The van der Waals surface area contributed by atoms with Crippen LogP contribution in [-0.2, 0) is 14.4 Å². The van der Waals surface area contributed by atoms with Crippen LogP contribution in [0.2, 0.25) is 0 Å². The molecule has 30 heavy (non-hydrogen) atoms. The number of fused-ring (bicyclic) bond motifs is 1. The van der Waals surface area contributed by atoms with E-state index in [1.807, 2.05) is 13.8 Å². The predicted molar refractivity (Wildman–Crippen MR) is 118 cm³/mol. The van der Waals surface area contributed by atoms with Gasteiger partial charge in [-0.1, -0.05) is 27.2 Å². The standard InChI is InChI=1S/C22H37N3O4S/c1-5-8-12-24-19(28)17-22-10-9-21(4,30-22)15(18(27)23-11-6-2)16(22)20(29)25(17)14(7-3)13-26/h14-17,26H,5-13H2,1-4H3,(H,23,27)(H,24,28)/t14-,15+,16-,17?,21-,22?/m0/s1. The van der Waals surface area contributed by atoms with Crippen molar-refractivity contribution in [2.24, 2.45) is 11.8 Å². The highest BCUT2D eigenvalue weighted by molar-refractivity contribution is 8.02. The maximum Gasteiger partial charge on any atom is 0.244 e. The zero-order valence-electron chi connectivity index (χ0n) is 18.7. The Morgan fingerprint density at radius 1 is 1.17 bits per heavy atom. The number of amides is 3. The summed E-state index contributed by atoms with van der Waals surface area (Å²) in [6.45, 7) is 9.05. The first-order valence-electron chi connectivity index (χ1n) is 11.5. The molecule has 0 aliphatic carbocycles. The van der Waals surface area contributed by atoms with Gasteiger partial charge in [0, 0.05) is 17.8 Å². The first kappa shape index (κ1) is 23.4. The molecule has 3 fully saturated rings. The molecule has 170 valence electrons. The lowest BCUT2D eigenvalue weighted by atomic mass is 9.66. The normalized spacial score (nSPS) is 35.4. The van der Waals surface area contributed by atoms with E-state index in [0.29, 0.717) is 19.5 Å². The van der Waals surface area contributed by atoms with Crippen LogP contribution in [0, 0.1) is 11.8 Å². The van der Waals surface area contributed by atoms with Crippen LogP contribution in [0.25, 0.3) is 0 Å². The molecule has 0 aromatic carbocycles. The molecule has 7 nitrogen and oxygen atoms in total. The molecule has 0 radical (unpaired) electrons. The fourth-order valence-corrected chi connectivity index (χ4v) is 8.06. The number of carbonyl (C=O) groups is 3. The van der Waals surface area contributed by atoms with E-state index in [-0.39, 0.29) is 29.1 Å². The Balaban J connectivity index is 2.00. The summed E-state index contributed by atoms with van der Waals surface area (Å²) < 4.78 is -0.938. The number of likely N-dealkylation sites (tertiary alicyclic amines) is 1. The van der Waals surface area contributed by atoms with Crippen LogP contribution in [-0.4, -0.2) is 69.0 Å². The van der Waals surface area contributed by atoms with Crippen molar-refractivity contribution in [3.63, 3.8) is 0 Å². The van der Waals surface area contributed by atoms with Gasteiger partial charge in [0.15, 0.2) is 0 Å². The molecule has 3 rings (SSSR count). The highest BCUT2D eigenvalue weighted by Gasteiger charge is 2.77. The van der Waals surface area contributed by atoms with Crippen molar-refractivity contribution < 1.29 is 19.5 Å². The minimum atomic E-state index is -0.639. The van der Waals surface area contributed by atoms with Gasteiger partial charge < -0.3 is 20.6 Å². The minimum absolute atomic E-state index is 0.0733. The molecule has 3 aliphatic rings. The van der Waals surface area contributed by atoms with Gasteiger partial charge in [-0.3, -0.25) is 14.4 Å². The van der Waals surface area contributed by atoms with Crippen molar-refractivity contribution >= 4 is 29.5 Å². The molecule has 0 saturated carbocycles. The number of hydrogen-bond donors (Lipinski definition) is 3. The fourth-order valence-electron chi connectivity index (χ4n) is 5.71. The first-order valence-corrected chi connectivity index (χ1v) is 12.3. The Morgan fingerprint density at radius 3 is 2.47 bits per heavy atom. The van der Waals surface area contributed by atoms with Gasteiger partial charge in [-0.15, -0.1) is 11.8 Å². The lowest BCUT2D eigenvalue weighted by Gasteiger charge is -2.36. The highest BCUT2D eigenvalue weighted by Crippen LogP contribution is 2.71. The molecular formula is C22H37N3O4S. The van der Waals surface area contributed by atoms with Crippen molar-refractivity contribution in [2.45, 2.75) is 87.8 Å². The van der Waals surface area contributed by atoms with Crippen molar-refractivity contribution in [1.29, 1.82) is 0 Å². The molecule has 0 aromatic rings. The van der Waals surface area contributed by atoms with Crippen molar-refractivity contribution in [2.75, 3.05) is 19.7 Å². The minimum Gasteiger partial charge on any atom is -0.394 e. The molecule has 2 unspecified atom stereocenters.